The molecule has 0 bridgehead atoms. The number of thiophene rings is 1. The third kappa shape index (κ3) is 4.35. The maximum absolute atomic E-state index is 6.37. The van der Waals surface area contributed by atoms with Crippen LogP contribution >= 0.6 is 11.3 Å². The molecule has 5 rings (SSSR count). The first-order chi connectivity index (χ1) is 15.3. The SMILES string of the molecule is N[C@H](CNc1cnc(-c2ccsc2)c(-c2ccc3[nH]ncc3c2)c1)Cc1ccccc1. The van der Waals surface area contributed by atoms with Gasteiger partial charge >= 0.3 is 0 Å². The van der Waals surface area contributed by atoms with E-state index in [1.54, 1.807) is 11.3 Å². The van der Waals surface area contributed by atoms with E-state index in [0.717, 1.165) is 45.4 Å². The third-order valence-electron chi connectivity index (χ3n) is 5.34. The van der Waals surface area contributed by atoms with Gasteiger partial charge in [0.25, 0.3) is 0 Å². The number of rotatable bonds is 7. The van der Waals surface area contributed by atoms with E-state index in [0.29, 0.717) is 6.54 Å². The van der Waals surface area contributed by atoms with Crippen molar-refractivity contribution in [3.8, 4) is 22.4 Å². The van der Waals surface area contributed by atoms with Crippen molar-refractivity contribution >= 4 is 27.9 Å². The van der Waals surface area contributed by atoms with Crippen LogP contribution in [0.2, 0.25) is 0 Å². The number of benzene rings is 2. The molecule has 0 saturated carbocycles. The molecule has 0 radical (unpaired) electrons. The molecule has 31 heavy (non-hydrogen) atoms. The number of aromatic nitrogens is 3. The summed E-state index contributed by atoms with van der Waals surface area (Å²) in [6.07, 6.45) is 4.57. The van der Waals surface area contributed by atoms with E-state index >= 15 is 0 Å². The van der Waals surface area contributed by atoms with E-state index in [1.807, 2.05) is 30.6 Å². The summed E-state index contributed by atoms with van der Waals surface area (Å²) in [5.41, 5.74) is 13.9. The molecule has 6 heteroatoms. The van der Waals surface area contributed by atoms with E-state index in [1.165, 1.54) is 5.56 Å². The lowest BCUT2D eigenvalue weighted by Crippen LogP contribution is -2.31. The second-order valence-electron chi connectivity index (χ2n) is 7.63. The molecule has 0 spiro atoms. The van der Waals surface area contributed by atoms with E-state index in [4.69, 9.17) is 10.7 Å². The molecule has 5 aromatic rings. The molecule has 3 heterocycles. The summed E-state index contributed by atoms with van der Waals surface area (Å²) in [7, 11) is 0. The van der Waals surface area contributed by atoms with Gasteiger partial charge < -0.3 is 11.1 Å². The number of H-pyrrole nitrogens is 1. The minimum atomic E-state index is 0.0182. The topological polar surface area (TPSA) is 79.6 Å². The van der Waals surface area contributed by atoms with Crippen molar-refractivity contribution in [1.82, 2.24) is 15.2 Å². The normalized spacial score (nSPS) is 12.2. The van der Waals surface area contributed by atoms with Gasteiger partial charge in [-0.05, 0) is 47.2 Å². The first-order valence-corrected chi connectivity index (χ1v) is 11.2. The average molecular weight is 426 g/mol. The number of hydrogen-bond acceptors (Lipinski definition) is 5. The molecule has 2 aromatic carbocycles. The summed E-state index contributed by atoms with van der Waals surface area (Å²) >= 11 is 1.67. The van der Waals surface area contributed by atoms with Gasteiger partial charge in [0.2, 0.25) is 0 Å². The van der Waals surface area contributed by atoms with Gasteiger partial charge in [0.15, 0.2) is 0 Å². The number of aromatic amines is 1. The van der Waals surface area contributed by atoms with Crippen molar-refractivity contribution in [3.05, 3.63) is 89.4 Å². The van der Waals surface area contributed by atoms with Gasteiger partial charge in [-0.2, -0.15) is 16.4 Å². The lowest BCUT2D eigenvalue weighted by Gasteiger charge is -2.16. The zero-order valence-electron chi connectivity index (χ0n) is 17.0. The highest BCUT2D eigenvalue weighted by molar-refractivity contribution is 7.08. The molecule has 0 aliphatic rings. The van der Waals surface area contributed by atoms with Gasteiger partial charge in [-0.15, -0.1) is 0 Å². The molecular formula is C25H23N5S. The zero-order chi connectivity index (χ0) is 21.0. The first-order valence-electron chi connectivity index (χ1n) is 10.3. The largest absolute Gasteiger partial charge is 0.382 e. The molecule has 0 saturated heterocycles. The van der Waals surface area contributed by atoms with Crippen molar-refractivity contribution in [2.75, 3.05) is 11.9 Å². The molecule has 0 amide bonds. The van der Waals surface area contributed by atoms with Crippen LogP contribution in [0, 0.1) is 0 Å². The highest BCUT2D eigenvalue weighted by atomic mass is 32.1. The summed E-state index contributed by atoms with van der Waals surface area (Å²) in [4.78, 5) is 4.81. The molecular weight excluding hydrogens is 402 g/mol. The minimum Gasteiger partial charge on any atom is -0.382 e. The van der Waals surface area contributed by atoms with Crippen LogP contribution in [0.25, 0.3) is 33.3 Å². The van der Waals surface area contributed by atoms with Crippen molar-refractivity contribution in [1.29, 1.82) is 0 Å². The molecule has 5 nitrogen and oxygen atoms in total. The predicted octanol–water partition coefficient (Wildman–Crippen LogP) is 5.34. The van der Waals surface area contributed by atoms with Gasteiger partial charge in [0, 0.05) is 34.5 Å². The number of nitrogens with zero attached hydrogens (tertiary/aromatic N) is 2. The minimum absolute atomic E-state index is 0.0182. The van der Waals surface area contributed by atoms with Gasteiger partial charge in [-0.25, -0.2) is 0 Å². The Morgan fingerprint density at radius 1 is 1.00 bits per heavy atom. The molecule has 154 valence electrons. The van der Waals surface area contributed by atoms with E-state index < -0.39 is 0 Å². The molecule has 0 unspecified atom stereocenters. The van der Waals surface area contributed by atoms with Gasteiger partial charge in [0.1, 0.15) is 0 Å². The quantitative estimate of drug-likeness (QED) is 0.329. The monoisotopic (exact) mass is 425 g/mol. The Balaban J connectivity index is 1.42. The van der Waals surface area contributed by atoms with Crippen LogP contribution in [-0.4, -0.2) is 27.8 Å². The van der Waals surface area contributed by atoms with Crippen LogP contribution in [0.15, 0.2) is 83.8 Å². The Labute approximate surface area is 185 Å². The second-order valence-corrected chi connectivity index (χ2v) is 8.41. The fourth-order valence-corrected chi connectivity index (χ4v) is 4.40. The highest BCUT2D eigenvalue weighted by Crippen LogP contribution is 2.34. The van der Waals surface area contributed by atoms with Crippen LogP contribution in [0.4, 0.5) is 5.69 Å². The zero-order valence-corrected chi connectivity index (χ0v) is 17.8. The van der Waals surface area contributed by atoms with Crippen LogP contribution in [0.5, 0.6) is 0 Å². The number of fused-ring (bicyclic) bond motifs is 1. The van der Waals surface area contributed by atoms with E-state index in [9.17, 15) is 0 Å². The van der Waals surface area contributed by atoms with Crippen molar-refractivity contribution < 1.29 is 0 Å². The number of nitrogens with two attached hydrogens (primary N) is 1. The number of hydrogen-bond donors (Lipinski definition) is 3. The molecule has 0 fully saturated rings. The maximum atomic E-state index is 6.37. The van der Waals surface area contributed by atoms with Gasteiger partial charge in [0.05, 0.1) is 29.3 Å². The smallest absolute Gasteiger partial charge is 0.0790 e. The average Bonchev–Trinajstić information content (AvgIpc) is 3.50. The first kappa shape index (κ1) is 19.5. The Morgan fingerprint density at radius 3 is 2.74 bits per heavy atom. The summed E-state index contributed by atoms with van der Waals surface area (Å²) in [5.74, 6) is 0. The fraction of sp³-hybridized carbons (Fsp3) is 0.120. The molecule has 0 aliphatic heterocycles. The summed E-state index contributed by atoms with van der Waals surface area (Å²) in [5, 5.41) is 15.9. The molecule has 4 N–H and O–H groups in total. The lowest BCUT2D eigenvalue weighted by atomic mass is 9.99. The molecule has 1 atom stereocenters. The number of pyridine rings is 1. The Morgan fingerprint density at radius 2 is 1.90 bits per heavy atom. The summed E-state index contributed by atoms with van der Waals surface area (Å²) in [6.45, 7) is 0.675. The van der Waals surface area contributed by atoms with Crippen LogP contribution in [0.1, 0.15) is 5.56 Å². The van der Waals surface area contributed by atoms with E-state index in [-0.39, 0.29) is 6.04 Å². The van der Waals surface area contributed by atoms with Crippen LogP contribution in [0.3, 0.4) is 0 Å². The van der Waals surface area contributed by atoms with Crippen molar-refractivity contribution in [2.45, 2.75) is 12.5 Å². The summed E-state index contributed by atoms with van der Waals surface area (Å²) in [6, 6.07) is 21.0. The number of nitrogens with one attached hydrogen (secondary N) is 2. The molecule has 0 aliphatic carbocycles. The van der Waals surface area contributed by atoms with E-state index in [2.05, 4.69) is 68.7 Å². The van der Waals surface area contributed by atoms with Crippen LogP contribution < -0.4 is 11.1 Å². The maximum Gasteiger partial charge on any atom is 0.0790 e. The predicted molar refractivity (Wildman–Crippen MR) is 129 cm³/mol. The second kappa shape index (κ2) is 8.71. The Kier molecular flexibility index (Phi) is 5.48. The Hall–Kier alpha value is -3.48. The highest BCUT2D eigenvalue weighted by Gasteiger charge is 2.13. The van der Waals surface area contributed by atoms with Crippen molar-refractivity contribution in [2.24, 2.45) is 5.73 Å². The van der Waals surface area contributed by atoms with Gasteiger partial charge in [-0.1, -0.05) is 36.4 Å². The standard InChI is InChI=1S/C25H23N5S/c26-21(10-17-4-2-1-3-5-17)14-27-22-12-23(25(28-15-22)19-8-9-31-16-19)18-6-7-24-20(11-18)13-29-30-24/h1-9,11-13,15-16,21,27H,10,14,26H2,(H,29,30)/t21-/m0/s1. The fourth-order valence-electron chi connectivity index (χ4n) is 3.76. The Bertz CT molecular complexity index is 1280. The van der Waals surface area contributed by atoms with Crippen LogP contribution in [-0.2, 0) is 6.42 Å². The lowest BCUT2D eigenvalue weighted by molar-refractivity contribution is 0.699. The summed E-state index contributed by atoms with van der Waals surface area (Å²) < 4.78 is 0. The number of anilines is 1. The third-order valence-corrected chi connectivity index (χ3v) is 6.03. The van der Waals surface area contributed by atoms with Crippen molar-refractivity contribution in [3.63, 3.8) is 0 Å². The molecule has 3 aromatic heterocycles. The van der Waals surface area contributed by atoms with Gasteiger partial charge in [-0.3, -0.25) is 10.1 Å².